The molecule has 0 radical (unpaired) electrons. The summed E-state index contributed by atoms with van der Waals surface area (Å²) in [4.78, 5) is 21.9. The Balaban J connectivity index is 2.95. The molecule has 0 aliphatic carbocycles. The molecular formula is C11H14ClN3O3. The van der Waals surface area contributed by atoms with Crippen LogP contribution in [0, 0.1) is 10.1 Å². The van der Waals surface area contributed by atoms with Gasteiger partial charge < -0.3 is 11.1 Å². The van der Waals surface area contributed by atoms with Crippen LogP contribution in [0.1, 0.15) is 23.7 Å². The predicted octanol–water partition coefficient (Wildman–Crippen LogP) is 1.72. The van der Waals surface area contributed by atoms with Crippen molar-refractivity contribution < 1.29 is 9.72 Å². The molecule has 0 spiro atoms. The first-order valence-electron chi connectivity index (χ1n) is 5.43. The lowest BCUT2D eigenvalue weighted by molar-refractivity contribution is -0.384. The highest BCUT2D eigenvalue weighted by atomic mass is 35.5. The maximum Gasteiger partial charge on any atom is 0.271 e. The van der Waals surface area contributed by atoms with Gasteiger partial charge in [-0.25, -0.2) is 0 Å². The second-order valence-electron chi connectivity index (χ2n) is 3.77. The number of nitrogens with zero attached hydrogens (tertiary/aromatic N) is 1. The van der Waals surface area contributed by atoms with Gasteiger partial charge in [-0.15, -0.1) is 0 Å². The summed E-state index contributed by atoms with van der Waals surface area (Å²) in [5, 5.41) is 13.5. The third kappa shape index (κ3) is 3.68. The Morgan fingerprint density at radius 3 is 2.72 bits per heavy atom. The van der Waals surface area contributed by atoms with E-state index in [0.717, 1.165) is 0 Å². The molecule has 1 aromatic carbocycles. The van der Waals surface area contributed by atoms with Crippen molar-refractivity contribution in [1.82, 2.24) is 5.32 Å². The number of nitro groups is 1. The molecule has 1 atom stereocenters. The number of halogens is 1. The fraction of sp³-hybridized carbons (Fsp3) is 0.364. The minimum Gasteiger partial charge on any atom is -0.348 e. The lowest BCUT2D eigenvalue weighted by atomic mass is 10.1. The highest BCUT2D eigenvalue weighted by molar-refractivity contribution is 6.31. The Kier molecular flexibility index (Phi) is 5.06. The zero-order chi connectivity index (χ0) is 13.7. The number of amides is 1. The monoisotopic (exact) mass is 271 g/mol. The van der Waals surface area contributed by atoms with Gasteiger partial charge in [-0.1, -0.05) is 18.5 Å². The lowest BCUT2D eigenvalue weighted by Crippen LogP contribution is -2.39. The van der Waals surface area contributed by atoms with Gasteiger partial charge in [0, 0.05) is 35.3 Å². The summed E-state index contributed by atoms with van der Waals surface area (Å²) in [5.74, 6) is -0.419. The van der Waals surface area contributed by atoms with Gasteiger partial charge in [-0.3, -0.25) is 14.9 Å². The Morgan fingerprint density at radius 1 is 1.56 bits per heavy atom. The van der Waals surface area contributed by atoms with Crippen LogP contribution >= 0.6 is 11.6 Å². The first-order valence-corrected chi connectivity index (χ1v) is 5.81. The molecule has 1 amide bonds. The first-order chi connectivity index (χ1) is 8.47. The number of nitrogens with two attached hydrogens (primary N) is 1. The maximum absolute atomic E-state index is 11.9. The molecule has 3 N–H and O–H groups in total. The largest absolute Gasteiger partial charge is 0.348 e. The number of nitro benzene ring substituents is 1. The van der Waals surface area contributed by atoms with Crippen molar-refractivity contribution in [3.8, 4) is 0 Å². The molecule has 18 heavy (non-hydrogen) atoms. The van der Waals surface area contributed by atoms with E-state index in [-0.39, 0.29) is 22.3 Å². The van der Waals surface area contributed by atoms with Crippen LogP contribution in [0.15, 0.2) is 18.2 Å². The van der Waals surface area contributed by atoms with Crippen LogP contribution in [0.4, 0.5) is 5.69 Å². The topological polar surface area (TPSA) is 98.3 Å². The minimum atomic E-state index is -0.594. The van der Waals surface area contributed by atoms with Crippen LogP contribution in [0.5, 0.6) is 0 Å². The average molecular weight is 272 g/mol. The third-order valence-corrected chi connectivity index (χ3v) is 2.69. The summed E-state index contributed by atoms with van der Waals surface area (Å²) >= 11 is 5.73. The van der Waals surface area contributed by atoms with Crippen LogP contribution in [0.2, 0.25) is 5.02 Å². The van der Waals surface area contributed by atoms with E-state index in [9.17, 15) is 14.9 Å². The number of nitrogens with one attached hydrogen (secondary N) is 1. The average Bonchev–Trinajstić information content (AvgIpc) is 2.34. The van der Waals surface area contributed by atoms with Gasteiger partial charge in [0.05, 0.1) is 4.92 Å². The summed E-state index contributed by atoms with van der Waals surface area (Å²) in [6.45, 7) is 2.20. The quantitative estimate of drug-likeness (QED) is 0.629. The van der Waals surface area contributed by atoms with Crippen molar-refractivity contribution in [2.24, 2.45) is 5.73 Å². The zero-order valence-electron chi connectivity index (χ0n) is 9.85. The van der Waals surface area contributed by atoms with Crippen LogP contribution in [0.3, 0.4) is 0 Å². The molecule has 0 saturated heterocycles. The highest BCUT2D eigenvalue weighted by Gasteiger charge is 2.15. The Labute approximate surface area is 109 Å². The van der Waals surface area contributed by atoms with Gasteiger partial charge in [-0.05, 0) is 12.5 Å². The van der Waals surface area contributed by atoms with Crippen LogP contribution in [-0.4, -0.2) is 23.4 Å². The van der Waals surface area contributed by atoms with Gasteiger partial charge in [0.25, 0.3) is 11.6 Å². The van der Waals surface area contributed by atoms with Crippen LogP contribution < -0.4 is 11.1 Å². The van der Waals surface area contributed by atoms with E-state index in [2.05, 4.69) is 5.32 Å². The molecular weight excluding hydrogens is 258 g/mol. The van der Waals surface area contributed by atoms with Gasteiger partial charge >= 0.3 is 0 Å². The zero-order valence-corrected chi connectivity index (χ0v) is 10.6. The normalized spacial score (nSPS) is 11.9. The highest BCUT2D eigenvalue weighted by Crippen LogP contribution is 2.20. The van der Waals surface area contributed by atoms with Crippen molar-refractivity contribution in [2.45, 2.75) is 19.4 Å². The minimum absolute atomic E-state index is 0.148. The standard InChI is InChI=1S/C11H14ClN3O3/c1-2-9(6-13)14-11(16)7-3-8(12)5-10(4-7)15(17)18/h3-5,9H,2,6,13H2,1H3,(H,14,16). The molecule has 0 bridgehead atoms. The summed E-state index contributed by atoms with van der Waals surface area (Å²) in [6.07, 6.45) is 0.685. The lowest BCUT2D eigenvalue weighted by Gasteiger charge is -2.14. The molecule has 0 aliphatic rings. The van der Waals surface area contributed by atoms with Gasteiger partial charge in [0.15, 0.2) is 0 Å². The number of hydrogen-bond acceptors (Lipinski definition) is 4. The van der Waals surface area contributed by atoms with Crippen molar-refractivity contribution in [3.05, 3.63) is 38.9 Å². The molecule has 0 aromatic heterocycles. The van der Waals surface area contributed by atoms with Crippen LogP contribution in [-0.2, 0) is 0 Å². The number of rotatable bonds is 5. The number of carbonyl (C=O) groups excluding carboxylic acids is 1. The molecule has 6 nitrogen and oxygen atoms in total. The molecule has 1 aromatic rings. The predicted molar refractivity (Wildman–Crippen MR) is 68.7 cm³/mol. The molecule has 1 rings (SSSR count). The van der Waals surface area contributed by atoms with Crippen molar-refractivity contribution in [3.63, 3.8) is 0 Å². The fourth-order valence-electron chi connectivity index (χ4n) is 1.41. The third-order valence-electron chi connectivity index (χ3n) is 2.47. The van der Waals surface area contributed by atoms with Crippen LogP contribution in [0.25, 0.3) is 0 Å². The first kappa shape index (κ1) is 14.4. The Bertz CT molecular complexity index is 461. The smallest absolute Gasteiger partial charge is 0.271 e. The molecule has 0 saturated carbocycles. The van der Waals surface area contributed by atoms with Gasteiger partial charge in [-0.2, -0.15) is 0 Å². The number of carbonyl (C=O) groups is 1. The van der Waals surface area contributed by atoms with Crippen molar-refractivity contribution in [2.75, 3.05) is 6.54 Å². The van der Waals surface area contributed by atoms with Crippen molar-refractivity contribution in [1.29, 1.82) is 0 Å². The van der Waals surface area contributed by atoms with E-state index in [1.54, 1.807) is 0 Å². The van der Waals surface area contributed by atoms with E-state index < -0.39 is 10.8 Å². The summed E-state index contributed by atoms with van der Waals surface area (Å²) in [5.41, 5.74) is 5.41. The van der Waals surface area contributed by atoms with E-state index in [4.69, 9.17) is 17.3 Å². The SMILES string of the molecule is CCC(CN)NC(=O)c1cc(Cl)cc([N+](=O)[O-])c1. The molecule has 1 unspecified atom stereocenters. The van der Waals surface area contributed by atoms with Gasteiger partial charge in [0.1, 0.15) is 0 Å². The Hall–Kier alpha value is -1.66. The summed E-state index contributed by atoms with van der Waals surface area (Å²) < 4.78 is 0. The number of hydrogen-bond donors (Lipinski definition) is 2. The number of benzene rings is 1. The second-order valence-corrected chi connectivity index (χ2v) is 4.21. The van der Waals surface area contributed by atoms with Crippen molar-refractivity contribution >= 4 is 23.2 Å². The number of non-ortho nitro benzene ring substituents is 1. The van der Waals surface area contributed by atoms with Gasteiger partial charge in [0.2, 0.25) is 0 Å². The maximum atomic E-state index is 11.9. The van der Waals surface area contributed by atoms with E-state index >= 15 is 0 Å². The van der Waals surface area contributed by atoms with E-state index in [1.165, 1.54) is 18.2 Å². The molecule has 98 valence electrons. The fourth-order valence-corrected chi connectivity index (χ4v) is 1.64. The Morgan fingerprint density at radius 2 is 2.22 bits per heavy atom. The molecule has 0 aliphatic heterocycles. The second kappa shape index (κ2) is 6.32. The van der Waals surface area contributed by atoms with E-state index in [1.807, 2.05) is 6.92 Å². The summed E-state index contributed by atoms with van der Waals surface area (Å²) in [7, 11) is 0. The summed E-state index contributed by atoms with van der Waals surface area (Å²) in [6, 6.07) is 3.60. The molecule has 7 heteroatoms. The molecule has 0 fully saturated rings. The van der Waals surface area contributed by atoms with E-state index in [0.29, 0.717) is 13.0 Å². The molecule has 0 heterocycles.